The smallest absolute Gasteiger partial charge is 0.134 e. The molecule has 0 radical (unpaired) electrons. The molecule has 0 aliphatic rings. The lowest BCUT2D eigenvalue weighted by Gasteiger charge is -2.11. The first-order chi connectivity index (χ1) is 8.97. The molecule has 2 aromatic rings. The van der Waals surface area contributed by atoms with Crippen molar-refractivity contribution in [2.75, 3.05) is 5.73 Å². The molecule has 4 heteroatoms. The first-order valence-electron chi connectivity index (χ1n) is 6.36. The third kappa shape index (κ3) is 3.26. The minimum atomic E-state index is 0.278. The number of aryl methyl sites for hydroxylation is 1. The fourth-order valence-corrected chi connectivity index (χ4v) is 2.69. The number of nitrogen functional groups attached to an aromatic ring is 1. The molecule has 0 unspecified atom stereocenters. The zero-order valence-electron chi connectivity index (χ0n) is 11.8. The van der Waals surface area contributed by atoms with Crippen molar-refractivity contribution in [2.45, 2.75) is 43.5 Å². The highest BCUT2D eigenvalue weighted by Gasteiger charge is 2.12. The summed E-state index contributed by atoms with van der Waals surface area (Å²) in [7, 11) is 0. The standard InChI is InChI=1S/C15H19N3S/c1-9(2)14-17-13(16)11(4)15(18-14)19-12-7-5-6-10(3)8-12/h5-9H,1-4H3,(H2,16,17,18). The van der Waals surface area contributed by atoms with E-state index in [1.165, 1.54) is 10.5 Å². The van der Waals surface area contributed by atoms with Crippen LogP contribution in [0.25, 0.3) is 0 Å². The quantitative estimate of drug-likeness (QED) is 0.860. The van der Waals surface area contributed by atoms with Crippen LogP contribution in [0.3, 0.4) is 0 Å². The monoisotopic (exact) mass is 273 g/mol. The molecule has 0 bridgehead atoms. The van der Waals surface area contributed by atoms with Gasteiger partial charge in [-0.05, 0) is 26.0 Å². The molecule has 2 N–H and O–H groups in total. The van der Waals surface area contributed by atoms with Gasteiger partial charge in [-0.1, -0.05) is 43.3 Å². The Labute approximate surface area is 118 Å². The van der Waals surface area contributed by atoms with Crippen molar-refractivity contribution in [1.29, 1.82) is 0 Å². The highest BCUT2D eigenvalue weighted by molar-refractivity contribution is 7.99. The van der Waals surface area contributed by atoms with Gasteiger partial charge in [-0.15, -0.1) is 0 Å². The Bertz CT molecular complexity index is 594. The summed E-state index contributed by atoms with van der Waals surface area (Å²) < 4.78 is 0. The fraction of sp³-hybridized carbons (Fsp3) is 0.333. The molecule has 0 atom stereocenters. The third-order valence-corrected chi connectivity index (χ3v) is 3.96. The normalized spacial score (nSPS) is 11.0. The van der Waals surface area contributed by atoms with E-state index in [1.807, 2.05) is 6.92 Å². The molecule has 0 saturated heterocycles. The van der Waals surface area contributed by atoms with Crippen LogP contribution in [0.1, 0.15) is 36.7 Å². The van der Waals surface area contributed by atoms with Crippen LogP contribution in [-0.4, -0.2) is 9.97 Å². The van der Waals surface area contributed by atoms with Crippen LogP contribution in [0.5, 0.6) is 0 Å². The van der Waals surface area contributed by atoms with Crippen molar-refractivity contribution < 1.29 is 0 Å². The van der Waals surface area contributed by atoms with Crippen molar-refractivity contribution in [2.24, 2.45) is 0 Å². The van der Waals surface area contributed by atoms with E-state index in [-0.39, 0.29) is 5.92 Å². The van der Waals surface area contributed by atoms with E-state index in [4.69, 9.17) is 5.73 Å². The van der Waals surface area contributed by atoms with Crippen molar-refractivity contribution in [3.63, 3.8) is 0 Å². The number of nitrogens with zero attached hydrogens (tertiary/aromatic N) is 2. The number of aromatic nitrogens is 2. The van der Waals surface area contributed by atoms with Gasteiger partial charge in [-0.3, -0.25) is 0 Å². The summed E-state index contributed by atoms with van der Waals surface area (Å²) in [6, 6.07) is 8.38. The molecule has 0 saturated carbocycles. The van der Waals surface area contributed by atoms with Gasteiger partial charge in [0, 0.05) is 16.4 Å². The molecule has 3 nitrogen and oxygen atoms in total. The summed E-state index contributed by atoms with van der Waals surface area (Å²) >= 11 is 1.64. The van der Waals surface area contributed by atoms with Crippen LogP contribution < -0.4 is 5.73 Å². The lowest BCUT2D eigenvalue weighted by Crippen LogP contribution is -2.05. The minimum absolute atomic E-state index is 0.278. The summed E-state index contributed by atoms with van der Waals surface area (Å²) in [4.78, 5) is 10.2. The van der Waals surface area contributed by atoms with Gasteiger partial charge in [-0.25, -0.2) is 9.97 Å². The highest BCUT2D eigenvalue weighted by atomic mass is 32.2. The Balaban J connectivity index is 2.39. The second-order valence-electron chi connectivity index (χ2n) is 4.97. The average molecular weight is 273 g/mol. The lowest BCUT2D eigenvalue weighted by molar-refractivity contribution is 0.751. The number of nitrogens with two attached hydrogens (primary N) is 1. The Morgan fingerprint density at radius 1 is 1.16 bits per heavy atom. The van der Waals surface area contributed by atoms with Crippen molar-refractivity contribution in [1.82, 2.24) is 9.97 Å². The van der Waals surface area contributed by atoms with Crippen LogP contribution in [0.15, 0.2) is 34.2 Å². The average Bonchev–Trinajstić information content (AvgIpc) is 2.34. The molecule has 0 amide bonds. The van der Waals surface area contributed by atoms with Gasteiger partial charge >= 0.3 is 0 Å². The predicted molar refractivity (Wildman–Crippen MR) is 80.6 cm³/mol. The molecule has 0 spiro atoms. The maximum atomic E-state index is 5.98. The number of hydrogen-bond donors (Lipinski definition) is 1. The van der Waals surface area contributed by atoms with Gasteiger partial charge in [0.2, 0.25) is 0 Å². The molecule has 0 fully saturated rings. The zero-order chi connectivity index (χ0) is 14.0. The van der Waals surface area contributed by atoms with E-state index in [9.17, 15) is 0 Å². The Kier molecular flexibility index (Phi) is 4.10. The number of anilines is 1. The topological polar surface area (TPSA) is 51.8 Å². The minimum Gasteiger partial charge on any atom is -0.383 e. The highest BCUT2D eigenvalue weighted by Crippen LogP contribution is 2.31. The van der Waals surface area contributed by atoms with Gasteiger partial charge in [-0.2, -0.15) is 0 Å². The second-order valence-corrected chi connectivity index (χ2v) is 6.03. The van der Waals surface area contributed by atoms with Crippen LogP contribution in [0.4, 0.5) is 5.82 Å². The van der Waals surface area contributed by atoms with Gasteiger partial charge in [0.25, 0.3) is 0 Å². The van der Waals surface area contributed by atoms with Crippen molar-refractivity contribution >= 4 is 17.6 Å². The third-order valence-electron chi connectivity index (χ3n) is 2.88. The molecule has 100 valence electrons. The Morgan fingerprint density at radius 3 is 2.53 bits per heavy atom. The molecule has 0 aliphatic heterocycles. The fourth-order valence-electron chi connectivity index (χ4n) is 1.68. The maximum Gasteiger partial charge on any atom is 0.134 e. The molecule has 1 heterocycles. The number of hydrogen-bond acceptors (Lipinski definition) is 4. The van der Waals surface area contributed by atoms with E-state index in [0.29, 0.717) is 5.82 Å². The largest absolute Gasteiger partial charge is 0.383 e. The summed E-state index contributed by atoms with van der Waals surface area (Å²) in [5, 5.41) is 0.946. The Morgan fingerprint density at radius 2 is 1.89 bits per heavy atom. The first kappa shape index (κ1) is 13.9. The molecule has 1 aromatic carbocycles. The van der Waals surface area contributed by atoms with Gasteiger partial charge in [0.15, 0.2) is 0 Å². The summed E-state index contributed by atoms with van der Waals surface area (Å²) in [5.41, 5.74) is 8.18. The molecule has 19 heavy (non-hydrogen) atoms. The molecule has 1 aromatic heterocycles. The zero-order valence-corrected chi connectivity index (χ0v) is 12.6. The summed E-state index contributed by atoms with van der Waals surface area (Å²) in [5.74, 6) is 1.66. The van der Waals surface area contributed by atoms with E-state index in [0.717, 1.165) is 16.4 Å². The van der Waals surface area contributed by atoms with E-state index >= 15 is 0 Å². The predicted octanol–water partition coefficient (Wildman–Crippen LogP) is 3.95. The van der Waals surface area contributed by atoms with Crippen LogP contribution in [0.2, 0.25) is 0 Å². The number of rotatable bonds is 3. The summed E-state index contributed by atoms with van der Waals surface area (Å²) in [6.45, 7) is 8.21. The van der Waals surface area contributed by atoms with Gasteiger partial charge < -0.3 is 5.73 Å². The lowest BCUT2D eigenvalue weighted by atomic mass is 10.2. The van der Waals surface area contributed by atoms with E-state index in [1.54, 1.807) is 11.8 Å². The van der Waals surface area contributed by atoms with Crippen molar-refractivity contribution in [3.05, 3.63) is 41.2 Å². The van der Waals surface area contributed by atoms with Gasteiger partial charge in [0.1, 0.15) is 16.7 Å². The maximum absolute atomic E-state index is 5.98. The molecular weight excluding hydrogens is 254 g/mol. The van der Waals surface area contributed by atoms with Crippen molar-refractivity contribution in [3.8, 4) is 0 Å². The van der Waals surface area contributed by atoms with Crippen LogP contribution >= 0.6 is 11.8 Å². The summed E-state index contributed by atoms with van der Waals surface area (Å²) in [6.07, 6.45) is 0. The number of benzene rings is 1. The van der Waals surface area contributed by atoms with Crippen LogP contribution in [0, 0.1) is 13.8 Å². The molecule has 2 rings (SSSR count). The van der Waals surface area contributed by atoms with E-state index in [2.05, 4.69) is 55.0 Å². The molecule has 0 aliphatic carbocycles. The Hall–Kier alpha value is -1.55. The van der Waals surface area contributed by atoms with Crippen LogP contribution in [-0.2, 0) is 0 Å². The van der Waals surface area contributed by atoms with E-state index < -0.39 is 0 Å². The van der Waals surface area contributed by atoms with Gasteiger partial charge in [0.05, 0.1) is 0 Å². The second kappa shape index (κ2) is 5.61. The SMILES string of the molecule is Cc1cccc(Sc2nc(C(C)C)nc(N)c2C)c1. The molecular formula is C15H19N3S. The first-order valence-corrected chi connectivity index (χ1v) is 7.17.